The maximum atomic E-state index is 11.3. The summed E-state index contributed by atoms with van der Waals surface area (Å²) in [6, 6.07) is 0. The Morgan fingerprint density at radius 1 is 1.38 bits per heavy atom. The molecule has 72 valence electrons. The van der Waals surface area contributed by atoms with E-state index in [9.17, 15) is 9.90 Å². The van der Waals surface area contributed by atoms with Crippen LogP contribution in [-0.2, 0) is 4.79 Å². The van der Waals surface area contributed by atoms with E-state index in [-0.39, 0.29) is 5.41 Å². The third-order valence-corrected chi connectivity index (χ3v) is 4.74. The number of hydrogen-bond acceptors (Lipinski definition) is 1. The Morgan fingerprint density at radius 3 is 2.69 bits per heavy atom. The Balaban J connectivity index is 2.06. The highest BCUT2D eigenvalue weighted by Gasteiger charge is 2.65. The van der Waals surface area contributed by atoms with Crippen molar-refractivity contribution in [1.82, 2.24) is 0 Å². The zero-order chi connectivity index (χ0) is 9.27. The number of aliphatic carboxylic acids is 1. The summed E-state index contributed by atoms with van der Waals surface area (Å²) in [5.41, 5.74) is 0.0852. The van der Waals surface area contributed by atoms with Crippen LogP contribution in [0.4, 0.5) is 0 Å². The van der Waals surface area contributed by atoms with Gasteiger partial charge in [0.2, 0.25) is 0 Å². The lowest BCUT2D eigenvalue weighted by molar-refractivity contribution is -0.151. The molecular formula is C11H16O2. The van der Waals surface area contributed by atoms with E-state index in [2.05, 4.69) is 6.92 Å². The van der Waals surface area contributed by atoms with Gasteiger partial charge in [-0.1, -0.05) is 6.92 Å². The van der Waals surface area contributed by atoms with Crippen molar-refractivity contribution < 1.29 is 9.90 Å². The fourth-order valence-electron chi connectivity index (χ4n) is 4.66. The van der Waals surface area contributed by atoms with E-state index in [1.165, 1.54) is 19.3 Å². The molecule has 0 heterocycles. The van der Waals surface area contributed by atoms with E-state index >= 15 is 0 Å². The first-order valence-corrected chi connectivity index (χ1v) is 5.28. The van der Waals surface area contributed by atoms with Crippen molar-refractivity contribution in [3.63, 3.8) is 0 Å². The molecular weight excluding hydrogens is 164 g/mol. The van der Waals surface area contributed by atoms with E-state index in [0.717, 1.165) is 18.8 Å². The van der Waals surface area contributed by atoms with Crippen molar-refractivity contribution in [2.45, 2.75) is 39.0 Å². The van der Waals surface area contributed by atoms with Crippen LogP contribution in [0.2, 0.25) is 0 Å². The summed E-state index contributed by atoms with van der Waals surface area (Å²) in [6.07, 6.45) is 5.59. The maximum Gasteiger partial charge on any atom is 0.309 e. The molecule has 0 spiro atoms. The molecule has 4 unspecified atom stereocenters. The molecule has 0 aromatic heterocycles. The van der Waals surface area contributed by atoms with Gasteiger partial charge in [-0.25, -0.2) is 0 Å². The Hall–Kier alpha value is -0.530. The van der Waals surface area contributed by atoms with E-state index in [0.29, 0.717) is 11.3 Å². The number of carboxylic acids is 1. The van der Waals surface area contributed by atoms with E-state index in [4.69, 9.17) is 0 Å². The molecule has 2 nitrogen and oxygen atoms in total. The summed E-state index contributed by atoms with van der Waals surface area (Å²) in [5.74, 6) is 0.728. The van der Waals surface area contributed by atoms with Crippen LogP contribution >= 0.6 is 0 Å². The minimum Gasteiger partial charge on any atom is -0.481 e. The van der Waals surface area contributed by atoms with E-state index in [1.807, 2.05) is 0 Å². The van der Waals surface area contributed by atoms with Crippen LogP contribution in [0.25, 0.3) is 0 Å². The smallest absolute Gasteiger partial charge is 0.309 e. The molecule has 0 amide bonds. The second-order valence-corrected chi connectivity index (χ2v) is 5.86. The summed E-state index contributed by atoms with van der Waals surface area (Å²) < 4.78 is 0. The fraction of sp³-hybridized carbons (Fsp3) is 0.909. The zero-order valence-corrected chi connectivity index (χ0v) is 8.05. The van der Waals surface area contributed by atoms with Crippen molar-refractivity contribution in [1.29, 1.82) is 0 Å². The Bertz CT molecular complexity index is 286. The van der Waals surface area contributed by atoms with Gasteiger partial charge in [-0.2, -0.15) is 0 Å². The van der Waals surface area contributed by atoms with E-state index < -0.39 is 5.97 Å². The maximum absolute atomic E-state index is 11.3. The van der Waals surface area contributed by atoms with Gasteiger partial charge in [0, 0.05) is 0 Å². The Labute approximate surface area is 78.3 Å². The van der Waals surface area contributed by atoms with Crippen LogP contribution in [0.1, 0.15) is 39.0 Å². The van der Waals surface area contributed by atoms with Crippen LogP contribution in [0.5, 0.6) is 0 Å². The first-order valence-electron chi connectivity index (χ1n) is 5.28. The van der Waals surface area contributed by atoms with Crippen LogP contribution in [-0.4, -0.2) is 11.1 Å². The SMILES string of the molecule is CC12CC3CC(C1)C(C(=O)O)(C3)C2. The highest BCUT2D eigenvalue weighted by atomic mass is 16.4. The molecule has 4 aliphatic rings. The second-order valence-electron chi connectivity index (χ2n) is 5.86. The molecule has 0 radical (unpaired) electrons. The van der Waals surface area contributed by atoms with Gasteiger partial charge in [-0.3, -0.25) is 4.79 Å². The Morgan fingerprint density at radius 2 is 2.15 bits per heavy atom. The summed E-state index contributed by atoms with van der Waals surface area (Å²) in [4.78, 5) is 11.3. The van der Waals surface area contributed by atoms with Crippen molar-refractivity contribution in [2.24, 2.45) is 22.7 Å². The lowest BCUT2D eigenvalue weighted by Gasteiger charge is -2.36. The van der Waals surface area contributed by atoms with Crippen molar-refractivity contribution in [2.75, 3.05) is 0 Å². The van der Waals surface area contributed by atoms with Gasteiger partial charge in [0.1, 0.15) is 0 Å². The van der Waals surface area contributed by atoms with Crippen LogP contribution in [0.3, 0.4) is 0 Å². The second kappa shape index (κ2) is 1.94. The minimum absolute atomic E-state index is 0.294. The van der Waals surface area contributed by atoms with Crippen molar-refractivity contribution in [3.8, 4) is 0 Å². The van der Waals surface area contributed by atoms with Gasteiger partial charge in [-0.05, 0) is 49.4 Å². The summed E-state index contributed by atoms with van der Waals surface area (Å²) >= 11 is 0. The topological polar surface area (TPSA) is 37.3 Å². The average molecular weight is 180 g/mol. The molecule has 2 heteroatoms. The zero-order valence-electron chi connectivity index (χ0n) is 8.05. The third kappa shape index (κ3) is 0.773. The number of hydrogen-bond donors (Lipinski definition) is 1. The van der Waals surface area contributed by atoms with Gasteiger partial charge in [0.25, 0.3) is 0 Å². The lowest BCUT2D eigenvalue weighted by atomic mass is 9.68. The largest absolute Gasteiger partial charge is 0.481 e. The number of rotatable bonds is 1. The number of carbonyl (C=O) groups is 1. The first-order chi connectivity index (χ1) is 6.04. The first kappa shape index (κ1) is 7.84. The van der Waals surface area contributed by atoms with Gasteiger partial charge < -0.3 is 5.11 Å². The quantitative estimate of drug-likeness (QED) is 0.672. The molecule has 4 fully saturated rings. The van der Waals surface area contributed by atoms with Gasteiger partial charge in [0.15, 0.2) is 0 Å². The molecule has 4 saturated carbocycles. The Kier molecular flexibility index (Phi) is 1.17. The van der Waals surface area contributed by atoms with Gasteiger partial charge in [0.05, 0.1) is 5.41 Å². The van der Waals surface area contributed by atoms with Gasteiger partial charge >= 0.3 is 5.97 Å². The lowest BCUT2D eigenvalue weighted by Crippen LogP contribution is -2.34. The normalized spacial score (nSPS) is 57.3. The van der Waals surface area contributed by atoms with Crippen LogP contribution in [0.15, 0.2) is 0 Å². The third-order valence-electron chi connectivity index (χ3n) is 4.74. The van der Waals surface area contributed by atoms with E-state index in [1.54, 1.807) is 0 Å². The molecule has 0 aromatic rings. The summed E-state index contributed by atoms with van der Waals surface area (Å²) in [5, 5.41) is 9.33. The monoisotopic (exact) mass is 180 g/mol. The minimum atomic E-state index is -0.511. The fourth-order valence-corrected chi connectivity index (χ4v) is 4.66. The summed E-state index contributed by atoms with van der Waals surface area (Å²) in [6.45, 7) is 2.29. The predicted molar refractivity (Wildman–Crippen MR) is 48.2 cm³/mol. The molecule has 0 aromatic carbocycles. The average Bonchev–Trinajstić information content (AvgIpc) is 2.33. The van der Waals surface area contributed by atoms with Crippen LogP contribution in [0, 0.1) is 22.7 Å². The summed E-state index contributed by atoms with van der Waals surface area (Å²) in [7, 11) is 0. The van der Waals surface area contributed by atoms with Gasteiger partial charge in [-0.15, -0.1) is 0 Å². The molecule has 4 aliphatic carbocycles. The molecule has 4 bridgehead atoms. The standard InChI is InChI=1S/C11H16O2/c1-10-3-7-2-8(5-10)11(4-7,6-10)9(12)13/h7-8H,2-6H2,1H3,(H,12,13). The van der Waals surface area contributed by atoms with Crippen molar-refractivity contribution in [3.05, 3.63) is 0 Å². The molecule has 13 heavy (non-hydrogen) atoms. The molecule has 0 saturated heterocycles. The molecule has 1 N–H and O–H groups in total. The molecule has 0 aliphatic heterocycles. The highest BCUT2D eigenvalue weighted by Crippen LogP contribution is 2.70. The number of carboxylic acid groups (broad SMARTS) is 1. The van der Waals surface area contributed by atoms with Crippen LogP contribution < -0.4 is 0 Å². The predicted octanol–water partition coefficient (Wildman–Crippen LogP) is 2.29. The highest BCUT2D eigenvalue weighted by molar-refractivity contribution is 5.76. The van der Waals surface area contributed by atoms with Crippen molar-refractivity contribution >= 4 is 5.97 Å². The molecule has 4 rings (SSSR count). The molecule has 4 atom stereocenters.